The summed E-state index contributed by atoms with van der Waals surface area (Å²) in [5.74, 6) is 0. The highest BCUT2D eigenvalue weighted by molar-refractivity contribution is 7.92. The van der Waals surface area contributed by atoms with Crippen molar-refractivity contribution in [2.45, 2.75) is 30.2 Å². The van der Waals surface area contributed by atoms with Crippen LogP contribution in [0.25, 0.3) is 0 Å². The maximum absolute atomic E-state index is 12.8. The fourth-order valence-electron chi connectivity index (χ4n) is 1.98. The highest BCUT2D eigenvalue weighted by Crippen LogP contribution is 2.35. The molecular weight excluding hydrogens is 305 g/mol. The van der Waals surface area contributed by atoms with Gasteiger partial charge in [-0.3, -0.25) is 0 Å². The Bertz CT molecular complexity index is 559. The minimum absolute atomic E-state index is 0.0742. The van der Waals surface area contributed by atoms with Gasteiger partial charge in [0.1, 0.15) is 0 Å². The molecule has 0 amide bonds. The number of nitrogens with zero attached hydrogens (tertiary/aromatic N) is 1. The second kappa shape index (κ2) is 7.13. The van der Waals surface area contributed by atoms with Gasteiger partial charge in [-0.05, 0) is 31.5 Å². The SMILES string of the molecule is CCCN(CCCN)c1ccccc1S(=O)(=O)C(F)(F)F. The maximum Gasteiger partial charge on any atom is 0.501 e. The maximum atomic E-state index is 12.8. The molecule has 0 aliphatic heterocycles. The Labute approximate surface area is 122 Å². The molecule has 4 nitrogen and oxygen atoms in total. The van der Waals surface area contributed by atoms with Gasteiger partial charge in [-0.25, -0.2) is 8.42 Å². The molecule has 0 heterocycles. The van der Waals surface area contributed by atoms with Crippen LogP contribution in [0.2, 0.25) is 0 Å². The zero-order valence-electron chi connectivity index (χ0n) is 11.7. The second-order valence-electron chi connectivity index (χ2n) is 4.55. The third-order valence-corrected chi connectivity index (χ3v) is 4.46. The molecule has 0 aliphatic rings. The Balaban J connectivity index is 3.31. The summed E-state index contributed by atoms with van der Waals surface area (Å²) in [6.45, 7) is 3.13. The molecule has 0 aromatic heterocycles. The van der Waals surface area contributed by atoms with Gasteiger partial charge >= 0.3 is 5.51 Å². The number of para-hydroxylation sites is 1. The van der Waals surface area contributed by atoms with E-state index in [2.05, 4.69) is 0 Å². The van der Waals surface area contributed by atoms with Crippen LogP contribution in [0.3, 0.4) is 0 Å². The van der Waals surface area contributed by atoms with Gasteiger partial charge in [-0.2, -0.15) is 13.2 Å². The molecule has 2 N–H and O–H groups in total. The van der Waals surface area contributed by atoms with E-state index in [1.807, 2.05) is 6.92 Å². The van der Waals surface area contributed by atoms with Crippen molar-refractivity contribution in [1.82, 2.24) is 0 Å². The lowest BCUT2D eigenvalue weighted by molar-refractivity contribution is -0.0435. The molecule has 120 valence electrons. The van der Waals surface area contributed by atoms with Crippen LogP contribution in [-0.2, 0) is 9.84 Å². The minimum Gasteiger partial charge on any atom is -0.370 e. The third kappa shape index (κ3) is 4.10. The highest BCUT2D eigenvalue weighted by Gasteiger charge is 2.48. The Kier molecular flexibility index (Phi) is 6.03. The van der Waals surface area contributed by atoms with E-state index in [0.717, 1.165) is 6.07 Å². The van der Waals surface area contributed by atoms with Crippen molar-refractivity contribution < 1.29 is 21.6 Å². The van der Waals surface area contributed by atoms with Crippen LogP contribution in [0.5, 0.6) is 0 Å². The number of hydrogen-bond donors (Lipinski definition) is 1. The normalized spacial score (nSPS) is 12.4. The molecule has 0 saturated heterocycles. The molecule has 1 aromatic carbocycles. The third-order valence-electron chi connectivity index (χ3n) is 2.93. The van der Waals surface area contributed by atoms with Crippen molar-refractivity contribution in [2.24, 2.45) is 5.73 Å². The first-order valence-corrected chi connectivity index (χ1v) is 8.09. The summed E-state index contributed by atoms with van der Waals surface area (Å²) >= 11 is 0. The van der Waals surface area contributed by atoms with Crippen LogP contribution in [0.15, 0.2) is 29.2 Å². The van der Waals surface area contributed by atoms with E-state index in [0.29, 0.717) is 32.5 Å². The van der Waals surface area contributed by atoms with Crippen molar-refractivity contribution >= 4 is 15.5 Å². The number of sulfone groups is 1. The van der Waals surface area contributed by atoms with Gasteiger partial charge in [0.25, 0.3) is 9.84 Å². The Morgan fingerprint density at radius 1 is 1.19 bits per heavy atom. The van der Waals surface area contributed by atoms with Gasteiger partial charge in [-0.15, -0.1) is 0 Å². The van der Waals surface area contributed by atoms with Gasteiger partial charge in [0, 0.05) is 13.1 Å². The number of hydrogen-bond acceptors (Lipinski definition) is 4. The highest BCUT2D eigenvalue weighted by atomic mass is 32.2. The van der Waals surface area contributed by atoms with Crippen LogP contribution in [-0.4, -0.2) is 33.6 Å². The summed E-state index contributed by atoms with van der Waals surface area (Å²) in [6, 6.07) is 5.19. The first-order valence-electron chi connectivity index (χ1n) is 6.61. The van der Waals surface area contributed by atoms with Crippen LogP contribution in [0, 0.1) is 0 Å². The molecule has 0 bridgehead atoms. The average molecular weight is 324 g/mol. The van der Waals surface area contributed by atoms with Gasteiger partial charge in [0.05, 0.1) is 10.6 Å². The van der Waals surface area contributed by atoms with E-state index in [1.54, 1.807) is 4.90 Å². The van der Waals surface area contributed by atoms with E-state index in [-0.39, 0.29) is 5.69 Å². The fraction of sp³-hybridized carbons (Fsp3) is 0.538. The lowest BCUT2D eigenvalue weighted by Gasteiger charge is -2.26. The molecule has 0 atom stereocenters. The Morgan fingerprint density at radius 2 is 1.81 bits per heavy atom. The van der Waals surface area contributed by atoms with Gasteiger partial charge < -0.3 is 10.6 Å². The quantitative estimate of drug-likeness (QED) is 0.837. The summed E-state index contributed by atoms with van der Waals surface area (Å²) in [5, 5.41) is 0. The van der Waals surface area contributed by atoms with E-state index in [9.17, 15) is 21.6 Å². The predicted molar refractivity (Wildman–Crippen MR) is 75.9 cm³/mol. The summed E-state index contributed by atoms with van der Waals surface area (Å²) < 4.78 is 61.7. The molecule has 0 fully saturated rings. The average Bonchev–Trinajstić information content (AvgIpc) is 2.42. The number of alkyl halides is 3. The molecule has 0 aliphatic carbocycles. The number of benzene rings is 1. The lowest BCUT2D eigenvalue weighted by Crippen LogP contribution is -2.31. The lowest BCUT2D eigenvalue weighted by atomic mass is 10.2. The van der Waals surface area contributed by atoms with Crippen molar-refractivity contribution in [1.29, 1.82) is 0 Å². The molecule has 0 spiro atoms. The summed E-state index contributed by atoms with van der Waals surface area (Å²) in [5.41, 5.74) is 0.183. The molecule has 1 rings (SSSR count). The predicted octanol–water partition coefficient (Wildman–Crippen LogP) is 2.55. The molecule has 8 heteroatoms. The van der Waals surface area contributed by atoms with Crippen LogP contribution in [0.1, 0.15) is 19.8 Å². The number of rotatable bonds is 7. The van der Waals surface area contributed by atoms with Crippen molar-refractivity contribution in [2.75, 3.05) is 24.5 Å². The number of anilines is 1. The second-order valence-corrected chi connectivity index (χ2v) is 6.46. The number of nitrogens with two attached hydrogens (primary N) is 1. The molecule has 1 aromatic rings. The molecule has 21 heavy (non-hydrogen) atoms. The van der Waals surface area contributed by atoms with Crippen LogP contribution < -0.4 is 10.6 Å². The van der Waals surface area contributed by atoms with Crippen LogP contribution >= 0.6 is 0 Å². The van der Waals surface area contributed by atoms with Crippen molar-refractivity contribution in [3.8, 4) is 0 Å². The number of halogens is 3. The standard InChI is InChI=1S/C13H19F3N2O2S/c1-2-9-18(10-5-8-17)11-6-3-4-7-12(11)21(19,20)13(14,15)16/h3-4,6-7H,2,5,8-10,17H2,1H3. The Hall–Kier alpha value is -1.28. The summed E-state index contributed by atoms with van der Waals surface area (Å²) in [6.07, 6.45) is 1.26. The molecular formula is C13H19F3N2O2S. The van der Waals surface area contributed by atoms with Gasteiger partial charge in [0.15, 0.2) is 0 Å². The summed E-state index contributed by atoms with van der Waals surface area (Å²) in [4.78, 5) is 0.925. The minimum atomic E-state index is -5.37. The van der Waals surface area contributed by atoms with E-state index >= 15 is 0 Å². The molecule has 0 unspecified atom stereocenters. The van der Waals surface area contributed by atoms with E-state index in [4.69, 9.17) is 5.73 Å². The largest absolute Gasteiger partial charge is 0.501 e. The zero-order valence-corrected chi connectivity index (χ0v) is 12.5. The van der Waals surface area contributed by atoms with Crippen molar-refractivity contribution in [3.05, 3.63) is 24.3 Å². The van der Waals surface area contributed by atoms with E-state index < -0.39 is 20.2 Å². The monoisotopic (exact) mass is 324 g/mol. The van der Waals surface area contributed by atoms with Crippen LogP contribution in [0.4, 0.5) is 18.9 Å². The Morgan fingerprint density at radius 3 is 2.33 bits per heavy atom. The first kappa shape index (κ1) is 17.8. The summed E-state index contributed by atoms with van der Waals surface area (Å²) in [7, 11) is -5.37. The fourth-order valence-corrected chi connectivity index (χ4v) is 2.95. The molecule has 0 saturated carbocycles. The topological polar surface area (TPSA) is 63.4 Å². The smallest absolute Gasteiger partial charge is 0.370 e. The van der Waals surface area contributed by atoms with E-state index in [1.165, 1.54) is 18.2 Å². The van der Waals surface area contributed by atoms with Crippen molar-refractivity contribution in [3.63, 3.8) is 0 Å². The first-order chi connectivity index (χ1) is 9.75. The zero-order chi connectivity index (χ0) is 16.1. The van der Waals surface area contributed by atoms with Gasteiger partial charge in [0.2, 0.25) is 0 Å². The van der Waals surface area contributed by atoms with Gasteiger partial charge in [-0.1, -0.05) is 19.1 Å². The molecule has 0 radical (unpaired) electrons.